The second kappa shape index (κ2) is 7.23. The highest BCUT2D eigenvalue weighted by Gasteiger charge is 2.08. The van der Waals surface area contributed by atoms with Crippen LogP contribution in [-0.4, -0.2) is 49.6 Å². The van der Waals surface area contributed by atoms with Crippen LogP contribution in [0.2, 0.25) is 0 Å². The number of hydrogen-bond acceptors (Lipinski definition) is 4. The third-order valence-corrected chi connectivity index (χ3v) is 1.81. The van der Waals surface area contributed by atoms with E-state index in [1.807, 2.05) is 6.92 Å². The molecule has 0 unspecified atom stereocenters. The molecule has 0 aliphatic rings. The molecule has 0 heterocycles. The molecule has 15 heavy (non-hydrogen) atoms. The third-order valence-electron chi connectivity index (χ3n) is 1.81. The van der Waals surface area contributed by atoms with Gasteiger partial charge in [0.2, 0.25) is 5.91 Å². The number of carbonyl (C=O) groups excluding carboxylic acids is 2. The largest absolute Gasteiger partial charge is 0.462 e. The van der Waals surface area contributed by atoms with Gasteiger partial charge >= 0.3 is 5.97 Å². The maximum atomic E-state index is 11.3. The van der Waals surface area contributed by atoms with Gasteiger partial charge in [0.25, 0.3) is 0 Å². The van der Waals surface area contributed by atoms with Crippen LogP contribution in [0.5, 0.6) is 0 Å². The van der Waals surface area contributed by atoms with Crippen molar-refractivity contribution >= 4 is 11.9 Å². The Morgan fingerprint density at radius 3 is 2.40 bits per heavy atom. The van der Waals surface area contributed by atoms with Gasteiger partial charge in [0.1, 0.15) is 0 Å². The molecule has 0 saturated heterocycles. The highest BCUT2D eigenvalue weighted by atomic mass is 16.5. The van der Waals surface area contributed by atoms with Gasteiger partial charge in [-0.3, -0.25) is 14.9 Å². The number of esters is 1. The molecule has 0 rings (SSSR count). The summed E-state index contributed by atoms with van der Waals surface area (Å²) in [7, 11) is 1.72. The number of nitrogens with zero attached hydrogens (tertiary/aromatic N) is 1. The van der Waals surface area contributed by atoms with Crippen LogP contribution in [0.25, 0.3) is 0 Å². The minimum Gasteiger partial charge on any atom is -0.462 e. The van der Waals surface area contributed by atoms with E-state index >= 15 is 0 Å². The predicted octanol–water partition coefficient (Wildman–Crippen LogP) is 0.00590. The van der Waals surface area contributed by atoms with E-state index in [1.165, 1.54) is 0 Å². The molecule has 0 atom stereocenters. The van der Waals surface area contributed by atoms with Gasteiger partial charge in [-0.15, -0.1) is 0 Å². The summed E-state index contributed by atoms with van der Waals surface area (Å²) in [5, 5.41) is 2.74. The smallest absolute Gasteiger partial charge is 0.320 e. The molecule has 5 heteroatoms. The monoisotopic (exact) mass is 216 g/mol. The Labute approximate surface area is 90.8 Å². The molecule has 0 aliphatic heterocycles. The highest BCUT2D eigenvalue weighted by Crippen LogP contribution is 1.87. The van der Waals surface area contributed by atoms with E-state index in [9.17, 15) is 9.59 Å². The molecule has 1 N–H and O–H groups in total. The van der Waals surface area contributed by atoms with Crippen LogP contribution in [0.4, 0.5) is 0 Å². The number of rotatable bonds is 6. The van der Waals surface area contributed by atoms with Gasteiger partial charge in [0.15, 0.2) is 0 Å². The Morgan fingerprint density at radius 2 is 1.93 bits per heavy atom. The molecule has 88 valence electrons. The van der Waals surface area contributed by atoms with E-state index in [2.05, 4.69) is 5.32 Å². The van der Waals surface area contributed by atoms with Gasteiger partial charge in [0, 0.05) is 13.6 Å². The Hall–Kier alpha value is -1.10. The maximum Gasteiger partial charge on any atom is 0.320 e. The molecule has 5 nitrogen and oxygen atoms in total. The minimum absolute atomic E-state index is 0.0325. The number of likely N-dealkylation sites (N-methyl/N-ethyl adjacent to an activating group) is 1. The van der Waals surface area contributed by atoms with Gasteiger partial charge in [-0.2, -0.15) is 0 Å². The first kappa shape index (κ1) is 13.9. The summed E-state index contributed by atoms with van der Waals surface area (Å²) in [6.45, 7) is 6.36. The van der Waals surface area contributed by atoms with E-state index in [1.54, 1.807) is 25.8 Å². The molecule has 0 aromatic rings. The van der Waals surface area contributed by atoms with Crippen molar-refractivity contribution in [3.8, 4) is 0 Å². The van der Waals surface area contributed by atoms with Crippen molar-refractivity contribution in [3.05, 3.63) is 0 Å². The van der Waals surface area contributed by atoms with Crippen molar-refractivity contribution < 1.29 is 14.3 Å². The molecular formula is C10H20N2O3. The standard InChI is InChI=1S/C10H20N2O3/c1-5-12(4)9(13)6-11-7-10(14)15-8(2)3/h8,11H,5-7H2,1-4H3. The fourth-order valence-electron chi connectivity index (χ4n) is 0.887. The van der Waals surface area contributed by atoms with Gasteiger partial charge in [0.05, 0.1) is 19.2 Å². The Kier molecular flexibility index (Phi) is 6.70. The summed E-state index contributed by atoms with van der Waals surface area (Å²) in [6.07, 6.45) is -0.117. The fraction of sp³-hybridized carbons (Fsp3) is 0.800. The van der Waals surface area contributed by atoms with Gasteiger partial charge in [-0.05, 0) is 20.8 Å². The first-order valence-electron chi connectivity index (χ1n) is 5.11. The molecule has 0 saturated carbocycles. The van der Waals surface area contributed by atoms with Crippen LogP contribution in [0.3, 0.4) is 0 Å². The summed E-state index contributed by atoms with van der Waals surface area (Å²) < 4.78 is 4.89. The lowest BCUT2D eigenvalue weighted by atomic mass is 10.4. The lowest BCUT2D eigenvalue weighted by Crippen LogP contribution is -2.38. The number of hydrogen-bond donors (Lipinski definition) is 1. The minimum atomic E-state index is -0.336. The van der Waals surface area contributed by atoms with Crippen molar-refractivity contribution in [2.45, 2.75) is 26.9 Å². The fourth-order valence-corrected chi connectivity index (χ4v) is 0.887. The van der Waals surface area contributed by atoms with E-state index in [0.717, 1.165) is 0 Å². The first-order valence-corrected chi connectivity index (χ1v) is 5.11. The summed E-state index contributed by atoms with van der Waals surface area (Å²) in [5.74, 6) is -0.369. The van der Waals surface area contributed by atoms with Crippen molar-refractivity contribution in [2.75, 3.05) is 26.7 Å². The van der Waals surface area contributed by atoms with Gasteiger partial charge in [-0.25, -0.2) is 0 Å². The molecule has 0 spiro atoms. The van der Waals surface area contributed by atoms with Crippen molar-refractivity contribution in [1.29, 1.82) is 0 Å². The van der Waals surface area contributed by atoms with Crippen LogP contribution in [0.15, 0.2) is 0 Å². The average Bonchev–Trinajstić information content (AvgIpc) is 2.15. The second-order valence-corrected chi connectivity index (χ2v) is 3.55. The lowest BCUT2D eigenvalue weighted by molar-refractivity contribution is -0.146. The molecule has 0 fully saturated rings. The van der Waals surface area contributed by atoms with E-state index in [0.29, 0.717) is 6.54 Å². The van der Waals surface area contributed by atoms with E-state index in [4.69, 9.17) is 4.74 Å². The highest BCUT2D eigenvalue weighted by molar-refractivity contribution is 5.79. The maximum absolute atomic E-state index is 11.3. The SMILES string of the molecule is CCN(C)C(=O)CNCC(=O)OC(C)C. The van der Waals surface area contributed by atoms with Crippen molar-refractivity contribution in [2.24, 2.45) is 0 Å². The van der Waals surface area contributed by atoms with Gasteiger partial charge < -0.3 is 9.64 Å². The summed E-state index contributed by atoms with van der Waals surface area (Å²) in [4.78, 5) is 23.9. The molecule has 0 aromatic carbocycles. The van der Waals surface area contributed by atoms with Crippen LogP contribution >= 0.6 is 0 Å². The lowest BCUT2D eigenvalue weighted by Gasteiger charge is -2.14. The number of amides is 1. The van der Waals surface area contributed by atoms with Crippen LogP contribution in [0.1, 0.15) is 20.8 Å². The van der Waals surface area contributed by atoms with Gasteiger partial charge in [-0.1, -0.05) is 0 Å². The van der Waals surface area contributed by atoms with Crippen LogP contribution in [0, 0.1) is 0 Å². The zero-order valence-electron chi connectivity index (χ0n) is 9.87. The number of carbonyl (C=O) groups is 2. The molecular weight excluding hydrogens is 196 g/mol. The topological polar surface area (TPSA) is 58.6 Å². The molecule has 1 amide bonds. The predicted molar refractivity (Wildman–Crippen MR) is 57.4 cm³/mol. The van der Waals surface area contributed by atoms with E-state index in [-0.39, 0.29) is 31.1 Å². The Bertz CT molecular complexity index is 217. The summed E-state index contributed by atoms with van der Waals surface area (Å²) in [6, 6.07) is 0. The molecule has 0 aliphatic carbocycles. The summed E-state index contributed by atoms with van der Waals surface area (Å²) >= 11 is 0. The summed E-state index contributed by atoms with van der Waals surface area (Å²) in [5.41, 5.74) is 0. The Morgan fingerprint density at radius 1 is 1.33 bits per heavy atom. The molecule has 0 aromatic heterocycles. The van der Waals surface area contributed by atoms with Crippen molar-refractivity contribution in [1.82, 2.24) is 10.2 Å². The zero-order chi connectivity index (χ0) is 11.8. The zero-order valence-corrected chi connectivity index (χ0v) is 9.87. The van der Waals surface area contributed by atoms with Crippen LogP contribution in [-0.2, 0) is 14.3 Å². The Balaban J connectivity index is 3.61. The third kappa shape index (κ3) is 6.90. The average molecular weight is 216 g/mol. The normalized spacial score (nSPS) is 10.2. The molecule has 0 radical (unpaired) electrons. The van der Waals surface area contributed by atoms with E-state index < -0.39 is 0 Å². The van der Waals surface area contributed by atoms with Crippen molar-refractivity contribution in [3.63, 3.8) is 0 Å². The molecule has 0 bridgehead atoms. The van der Waals surface area contributed by atoms with Crippen LogP contribution < -0.4 is 5.32 Å². The first-order chi connectivity index (χ1) is 6.97. The number of nitrogens with one attached hydrogen (secondary N) is 1. The quantitative estimate of drug-likeness (QED) is 0.635. The number of ether oxygens (including phenoxy) is 1. The second-order valence-electron chi connectivity index (χ2n) is 3.55.